The minimum atomic E-state index is -0.645. The zero-order valence-corrected chi connectivity index (χ0v) is 12.4. The zero-order valence-electron chi connectivity index (χ0n) is 11.6. The van der Waals surface area contributed by atoms with Gasteiger partial charge in [0.25, 0.3) is 5.91 Å². The molecule has 0 aliphatic heterocycles. The summed E-state index contributed by atoms with van der Waals surface area (Å²) in [5, 5.41) is 2.95. The molecule has 3 N–H and O–H groups in total. The standard InChI is InChI=1S/C14H19ClN2O3/c1-3-4-9(2)17-13(18)8-20-14(19)11-6-5-10(16)7-12(11)15/h5-7,9H,3-4,8,16H2,1-2H3,(H,17,18). The SMILES string of the molecule is CCCC(C)NC(=O)COC(=O)c1ccc(N)cc1Cl. The second kappa shape index (κ2) is 7.75. The topological polar surface area (TPSA) is 81.4 Å². The van der Waals surface area contributed by atoms with Crippen LogP contribution < -0.4 is 11.1 Å². The lowest BCUT2D eigenvalue weighted by Crippen LogP contribution is -2.35. The number of rotatable bonds is 6. The van der Waals surface area contributed by atoms with Crippen molar-refractivity contribution in [1.82, 2.24) is 5.32 Å². The van der Waals surface area contributed by atoms with Crippen molar-refractivity contribution < 1.29 is 14.3 Å². The summed E-state index contributed by atoms with van der Waals surface area (Å²) in [7, 11) is 0. The van der Waals surface area contributed by atoms with E-state index in [4.69, 9.17) is 22.1 Å². The van der Waals surface area contributed by atoms with E-state index in [1.165, 1.54) is 12.1 Å². The summed E-state index contributed by atoms with van der Waals surface area (Å²) in [6.07, 6.45) is 1.85. The number of amides is 1. The Hall–Kier alpha value is -1.75. The molecule has 0 spiro atoms. The van der Waals surface area contributed by atoms with Gasteiger partial charge in [0.05, 0.1) is 10.6 Å². The van der Waals surface area contributed by atoms with Crippen LogP contribution in [0, 0.1) is 0 Å². The highest BCUT2D eigenvalue weighted by Crippen LogP contribution is 2.19. The summed E-state index contributed by atoms with van der Waals surface area (Å²) in [5.41, 5.74) is 6.18. The van der Waals surface area contributed by atoms with Crippen molar-refractivity contribution in [2.24, 2.45) is 0 Å². The predicted molar refractivity (Wildman–Crippen MR) is 78.7 cm³/mol. The maximum Gasteiger partial charge on any atom is 0.340 e. The number of carbonyl (C=O) groups is 2. The number of anilines is 1. The highest BCUT2D eigenvalue weighted by atomic mass is 35.5. The second-order valence-corrected chi connectivity index (χ2v) is 4.98. The maximum absolute atomic E-state index is 11.8. The van der Waals surface area contributed by atoms with Crippen molar-refractivity contribution in [3.05, 3.63) is 28.8 Å². The fourth-order valence-electron chi connectivity index (χ4n) is 1.73. The number of nitrogen functional groups attached to an aromatic ring is 1. The molecule has 1 unspecified atom stereocenters. The maximum atomic E-state index is 11.8. The van der Waals surface area contributed by atoms with E-state index < -0.39 is 5.97 Å². The Bertz CT molecular complexity index is 491. The third-order valence-corrected chi connectivity index (χ3v) is 2.99. The molecule has 0 aliphatic carbocycles. The first-order valence-electron chi connectivity index (χ1n) is 6.45. The van der Waals surface area contributed by atoms with E-state index in [-0.39, 0.29) is 29.1 Å². The first-order valence-corrected chi connectivity index (χ1v) is 6.83. The number of hydrogen-bond donors (Lipinski definition) is 2. The molecule has 20 heavy (non-hydrogen) atoms. The van der Waals surface area contributed by atoms with Gasteiger partial charge in [-0.15, -0.1) is 0 Å². The van der Waals surface area contributed by atoms with Crippen LogP contribution in [0.1, 0.15) is 37.0 Å². The Balaban J connectivity index is 2.49. The molecule has 0 fully saturated rings. The van der Waals surface area contributed by atoms with Crippen LogP contribution in [0.25, 0.3) is 0 Å². The van der Waals surface area contributed by atoms with Gasteiger partial charge >= 0.3 is 5.97 Å². The van der Waals surface area contributed by atoms with Crippen molar-refractivity contribution >= 4 is 29.2 Å². The van der Waals surface area contributed by atoms with Gasteiger partial charge in [0.1, 0.15) is 0 Å². The number of esters is 1. The molecular formula is C14H19ClN2O3. The molecule has 0 saturated heterocycles. The molecular weight excluding hydrogens is 280 g/mol. The van der Waals surface area contributed by atoms with Gasteiger partial charge in [-0.25, -0.2) is 4.79 Å². The normalized spacial score (nSPS) is 11.8. The predicted octanol–water partition coefficient (Wildman–Crippen LogP) is 2.38. The molecule has 0 heterocycles. The number of carbonyl (C=O) groups excluding carboxylic acids is 2. The molecule has 0 radical (unpaired) electrons. The van der Waals surface area contributed by atoms with Gasteiger partial charge in [0, 0.05) is 11.7 Å². The third-order valence-electron chi connectivity index (χ3n) is 2.68. The summed E-state index contributed by atoms with van der Waals surface area (Å²) in [4.78, 5) is 23.3. The first-order chi connectivity index (χ1) is 9.43. The monoisotopic (exact) mass is 298 g/mol. The lowest BCUT2D eigenvalue weighted by Gasteiger charge is -2.13. The van der Waals surface area contributed by atoms with E-state index in [0.717, 1.165) is 12.8 Å². The highest BCUT2D eigenvalue weighted by Gasteiger charge is 2.14. The van der Waals surface area contributed by atoms with E-state index in [1.54, 1.807) is 6.07 Å². The molecule has 0 saturated carbocycles. The number of nitrogens with one attached hydrogen (secondary N) is 1. The average molecular weight is 299 g/mol. The van der Waals surface area contributed by atoms with Crippen LogP contribution in [0.15, 0.2) is 18.2 Å². The quantitative estimate of drug-likeness (QED) is 0.624. The second-order valence-electron chi connectivity index (χ2n) is 4.57. The number of hydrogen-bond acceptors (Lipinski definition) is 4. The van der Waals surface area contributed by atoms with Crippen LogP contribution in [0.4, 0.5) is 5.69 Å². The van der Waals surface area contributed by atoms with Gasteiger partial charge in [-0.05, 0) is 31.5 Å². The molecule has 5 nitrogen and oxygen atoms in total. The van der Waals surface area contributed by atoms with Gasteiger partial charge in [0.2, 0.25) is 0 Å². The van der Waals surface area contributed by atoms with Gasteiger partial charge in [0.15, 0.2) is 6.61 Å². The van der Waals surface area contributed by atoms with Crippen molar-refractivity contribution in [3.63, 3.8) is 0 Å². The van der Waals surface area contributed by atoms with Crippen LogP contribution >= 0.6 is 11.6 Å². The fourth-order valence-corrected chi connectivity index (χ4v) is 1.99. The zero-order chi connectivity index (χ0) is 15.1. The molecule has 0 aliphatic rings. The van der Waals surface area contributed by atoms with Crippen molar-refractivity contribution in [2.45, 2.75) is 32.7 Å². The van der Waals surface area contributed by atoms with E-state index in [9.17, 15) is 9.59 Å². The van der Waals surface area contributed by atoms with E-state index in [0.29, 0.717) is 5.69 Å². The number of nitrogens with two attached hydrogens (primary N) is 1. The largest absolute Gasteiger partial charge is 0.452 e. The van der Waals surface area contributed by atoms with Gasteiger partial charge in [-0.3, -0.25) is 4.79 Å². The smallest absolute Gasteiger partial charge is 0.340 e. The van der Waals surface area contributed by atoms with Crippen LogP contribution in [0.3, 0.4) is 0 Å². The lowest BCUT2D eigenvalue weighted by atomic mass is 10.2. The van der Waals surface area contributed by atoms with Crippen molar-refractivity contribution in [2.75, 3.05) is 12.3 Å². The van der Waals surface area contributed by atoms with Gasteiger partial charge < -0.3 is 15.8 Å². The molecule has 0 bridgehead atoms. The first kappa shape index (κ1) is 16.3. The van der Waals surface area contributed by atoms with Crippen LogP contribution in [0.5, 0.6) is 0 Å². The summed E-state index contributed by atoms with van der Waals surface area (Å²) in [6, 6.07) is 4.54. The Morgan fingerprint density at radius 2 is 2.15 bits per heavy atom. The van der Waals surface area contributed by atoms with Crippen LogP contribution in [-0.4, -0.2) is 24.5 Å². The van der Waals surface area contributed by atoms with E-state index >= 15 is 0 Å². The van der Waals surface area contributed by atoms with E-state index in [1.807, 2.05) is 13.8 Å². The van der Waals surface area contributed by atoms with Crippen molar-refractivity contribution in [3.8, 4) is 0 Å². The number of halogens is 1. The Kier molecular flexibility index (Phi) is 6.31. The molecule has 1 rings (SSSR count). The molecule has 1 aromatic rings. The molecule has 1 amide bonds. The summed E-state index contributed by atoms with van der Waals surface area (Å²) >= 11 is 5.88. The summed E-state index contributed by atoms with van der Waals surface area (Å²) < 4.78 is 4.91. The molecule has 0 aromatic heterocycles. The lowest BCUT2D eigenvalue weighted by molar-refractivity contribution is -0.124. The average Bonchev–Trinajstić information content (AvgIpc) is 2.36. The van der Waals surface area contributed by atoms with Gasteiger partial charge in [-0.1, -0.05) is 24.9 Å². The highest BCUT2D eigenvalue weighted by molar-refractivity contribution is 6.33. The molecule has 6 heteroatoms. The van der Waals surface area contributed by atoms with Crippen LogP contribution in [0.2, 0.25) is 5.02 Å². The molecule has 1 aromatic carbocycles. The number of benzene rings is 1. The van der Waals surface area contributed by atoms with Crippen molar-refractivity contribution in [1.29, 1.82) is 0 Å². The van der Waals surface area contributed by atoms with Crippen LogP contribution in [-0.2, 0) is 9.53 Å². The minimum absolute atomic E-state index is 0.0614. The Labute approximate surface area is 123 Å². The minimum Gasteiger partial charge on any atom is -0.452 e. The fraction of sp³-hybridized carbons (Fsp3) is 0.429. The Morgan fingerprint density at radius 1 is 1.45 bits per heavy atom. The summed E-state index contributed by atoms with van der Waals surface area (Å²) in [5.74, 6) is -0.973. The van der Waals surface area contributed by atoms with E-state index in [2.05, 4.69) is 5.32 Å². The Morgan fingerprint density at radius 3 is 2.75 bits per heavy atom. The third kappa shape index (κ3) is 5.09. The molecule has 1 atom stereocenters. The summed E-state index contributed by atoms with van der Waals surface area (Å²) in [6.45, 7) is 3.61. The van der Waals surface area contributed by atoms with Gasteiger partial charge in [-0.2, -0.15) is 0 Å². The molecule has 110 valence electrons. The number of ether oxygens (including phenoxy) is 1.